The average molecular weight is 679 g/mol. The molecule has 0 aliphatic carbocycles. The predicted octanol–water partition coefficient (Wildman–Crippen LogP) is 8.60. The van der Waals surface area contributed by atoms with Gasteiger partial charge in [0.05, 0.1) is 12.1 Å². The summed E-state index contributed by atoms with van der Waals surface area (Å²) in [5.74, 6) is -77.2. The van der Waals surface area contributed by atoms with Gasteiger partial charge in [-0.3, -0.25) is 10.3 Å². The molecular formula is C20H10F21NO. The van der Waals surface area contributed by atoms with Crippen LogP contribution < -0.4 is 5.48 Å². The maximum Gasteiger partial charge on any atom is 0.460 e. The molecule has 0 saturated heterocycles. The molecule has 0 saturated carbocycles. The highest BCUT2D eigenvalue weighted by Gasteiger charge is 2.97. The van der Waals surface area contributed by atoms with Gasteiger partial charge in [-0.05, 0) is 11.6 Å². The van der Waals surface area contributed by atoms with Gasteiger partial charge in [0.1, 0.15) is 6.10 Å². The fourth-order valence-corrected chi connectivity index (χ4v) is 3.24. The molecule has 0 fully saturated rings. The van der Waals surface area contributed by atoms with Gasteiger partial charge in [-0.2, -0.15) is 92.2 Å². The molecule has 1 aromatic rings. The van der Waals surface area contributed by atoms with Crippen molar-refractivity contribution in [1.82, 2.24) is 5.48 Å². The topological polar surface area (TPSA) is 21.3 Å². The van der Waals surface area contributed by atoms with Gasteiger partial charge in [-0.1, -0.05) is 30.3 Å². The number of halogens is 21. The van der Waals surface area contributed by atoms with Crippen LogP contribution in [-0.2, 0) is 4.84 Å². The first kappa shape index (κ1) is 36.4. The molecule has 2 nitrogen and oxygen atoms in total. The number of benzene rings is 1. The molecule has 1 aromatic carbocycles. The van der Waals surface area contributed by atoms with Gasteiger partial charge in [0.2, 0.25) is 0 Å². The molecule has 0 amide bonds. The summed E-state index contributed by atoms with van der Waals surface area (Å²) < 4.78 is 283. The summed E-state index contributed by atoms with van der Waals surface area (Å²) in [4.78, 5) is 4.31. The Morgan fingerprint density at radius 1 is 0.488 bits per heavy atom. The lowest BCUT2D eigenvalue weighted by molar-refractivity contribution is -0.474. The van der Waals surface area contributed by atoms with Gasteiger partial charge in [0, 0.05) is 0 Å². The van der Waals surface area contributed by atoms with Crippen LogP contribution in [0.4, 0.5) is 92.2 Å². The minimum Gasteiger partial charge on any atom is -0.268 e. The number of hydrogen-bond acceptors (Lipinski definition) is 2. The lowest BCUT2D eigenvalue weighted by atomic mass is 9.85. The minimum atomic E-state index is -9.19. The van der Waals surface area contributed by atoms with Crippen molar-refractivity contribution < 1.29 is 97.0 Å². The standard InChI is InChI=1S/C20H10F21NO/c21-11(22,7-9-6-10(42-43-9)8-4-2-1-3-5-8)12(23,24)13(25,26)14(27,28)15(29,30)16(31,32)17(33,34)18(35,36)19(37,38)20(39,40)41/h1-6,9,42H,7H2. The van der Waals surface area contributed by atoms with Crippen molar-refractivity contribution in [2.24, 2.45) is 0 Å². The third kappa shape index (κ3) is 5.01. The summed E-state index contributed by atoms with van der Waals surface area (Å²) in [5.41, 5.74) is 1.48. The second kappa shape index (κ2) is 10.1. The van der Waals surface area contributed by atoms with E-state index in [1.165, 1.54) is 30.3 Å². The molecule has 1 atom stereocenters. The second-order valence-corrected chi connectivity index (χ2v) is 8.71. The molecule has 0 aromatic heterocycles. The zero-order valence-electron chi connectivity index (χ0n) is 19.6. The van der Waals surface area contributed by atoms with E-state index in [9.17, 15) is 92.2 Å². The van der Waals surface area contributed by atoms with Crippen LogP contribution in [0, 0.1) is 0 Å². The van der Waals surface area contributed by atoms with Crippen molar-refractivity contribution >= 4 is 5.70 Å². The first-order valence-corrected chi connectivity index (χ1v) is 10.5. The fraction of sp³-hybridized carbons (Fsp3) is 0.600. The Bertz CT molecular complexity index is 1190. The molecule has 0 bridgehead atoms. The summed E-state index contributed by atoms with van der Waals surface area (Å²) >= 11 is 0. The fourth-order valence-electron chi connectivity index (χ4n) is 3.24. The first-order valence-electron chi connectivity index (χ1n) is 10.5. The summed E-state index contributed by atoms with van der Waals surface area (Å²) in [6.07, 6.45) is -13.0. The monoisotopic (exact) mass is 679 g/mol. The quantitative estimate of drug-likeness (QED) is 0.237. The zero-order chi connectivity index (χ0) is 34.1. The molecule has 1 aliphatic rings. The molecule has 1 aliphatic heterocycles. The largest absolute Gasteiger partial charge is 0.460 e. The summed E-state index contributed by atoms with van der Waals surface area (Å²) in [6.45, 7) is 0. The van der Waals surface area contributed by atoms with Crippen LogP contribution in [0.25, 0.3) is 5.70 Å². The molecule has 0 radical (unpaired) electrons. The number of hydrogen-bond donors (Lipinski definition) is 1. The van der Waals surface area contributed by atoms with Crippen molar-refractivity contribution in [3.63, 3.8) is 0 Å². The highest BCUT2D eigenvalue weighted by Crippen LogP contribution is 2.66. The molecule has 248 valence electrons. The van der Waals surface area contributed by atoms with Crippen molar-refractivity contribution in [3.05, 3.63) is 42.0 Å². The Hall–Kier alpha value is -2.75. The number of alkyl halides is 21. The van der Waals surface area contributed by atoms with Crippen LogP contribution in [0.1, 0.15) is 12.0 Å². The van der Waals surface area contributed by atoms with Crippen LogP contribution in [-0.4, -0.2) is 65.6 Å². The van der Waals surface area contributed by atoms with E-state index in [-0.39, 0.29) is 11.3 Å². The van der Waals surface area contributed by atoms with E-state index in [4.69, 9.17) is 0 Å². The van der Waals surface area contributed by atoms with Crippen LogP contribution in [0.5, 0.6) is 0 Å². The van der Waals surface area contributed by atoms with Gasteiger partial charge in [-0.15, -0.1) is 0 Å². The van der Waals surface area contributed by atoms with E-state index in [1.807, 2.05) is 0 Å². The third-order valence-electron chi connectivity index (χ3n) is 5.79. The molecule has 23 heteroatoms. The van der Waals surface area contributed by atoms with Gasteiger partial charge in [0.15, 0.2) is 0 Å². The van der Waals surface area contributed by atoms with E-state index in [0.717, 1.165) is 0 Å². The number of nitrogens with one attached hydrogen (secondary N) is 1. The van der Waals surface area contributed by atoms with E-state index in [1.54, 1.807) is 5.48 Å². The molecular weight excluding hydrogens is 669 g/mol. The third-order valence-corrected chi connectivity index (χ3v) is 5.79. The summed E-state index contributed by atoms with van der Waals surface area (Å²) in [7, 11) is 0. The first-order chi connectivity index (χ1) is 18.8. The van der Waals surface area contributed by atoms with Crippen LogP contribution in [0.2, 0.25) is 0 Å². The maximum absolute atomic E-state index is 14.2. The molecule has 1 unspecified atom stereocenters. The lowest BCUT2D eigenvalue weighted by Gasteiger charge is -2.44. The maximum atomic E-state index is 14.2. The van der Waals surface area contributed by atoms with Gasteiger partial charge in [-0.25, -0.2) is 0 Å². The Morgan fingerprint density at radius 3 is 1.21 bits per heavy atom. The predicted molar refractivity (Wildman–Crippen MR) is 97.6 cm³/mol. The Kier molecular flexibility index (Phi) is 8.59. The number of rotatable bonds is 11. The Labute approximate surface area is 223 Å². The average Bonchev–Trinajstić information content (AvgIpc) is 3.30. The highest BCUT2D eigenvalue weighted by atomic mass is 19.4. The molecule has 1 N–H and O–H groups in total. The van der Waals surface area contributed by atoms with E-state index < -0.39 is 72.0 Å². The Morgan fingerprint density at radius 2 is 0.837 bits per heavy atom. The molecule has 0 spiro atoms. The SMILES string of the molecule is FC(F)(F)C(F)(F)C(F)(F)C(F)(F)C(F)(F)C(F)(F)C(F)(F)C(F)(F)C(F)(F)C(F)(F)CC1C=C(c2ccccc2)NO1. The minimum absolute atomic E-state index is 0.0349. The zero-order valence-corrected chi connectivity index (χ0v) is 19.6. The van der Waals surface area contributed by atoms with Crippen molar-refractivity contribution in [2.45, 2.75) is 72.0 Å². The molecule has 43 heavy (non-hydrogen) atoms. The van der Waals surface area contributed by atoms with E-state index >= 15 is 0 Å². The summed E-state index contributed by atoms with van der Waals surface area (Å²) in [6, 6.07) is 6.41. The van der Waals surface area contributed by atoms with Crippen molar-refractivity contribution in [2.75, 3.05) is 0 Å². The van der Waals surface area contributed by atoms with Crippen LogP contribution >= 0.6 is 0 Å². The second-order valence-electron chi connectivity index (χ2n) is 8.71. The lowest BCUT2D eigenvalue weighted by Crippen LogP contribution is -2.76. The van der Waals surface area contributed by atoms with Crippen molar-refractivity contribution in [1.29, 1.82) is 0 Å². The van der Waals surface area contributed by atoms with E-state index in [2.05, 4.69) is 4.84 Å². The summed E-state index contributed by atoms with van der Waals surface area (Å²) in [5, 5.41) is 0. The highest BCUT2D eigenvalue weighted by molar-refractivity contribution is 5.64. The van der Waals surface area contributed by atoms with Gasteiger partial charge >= 0.3 is 59.5 Å². The smallest absolute Gasteiger partial charge is 0.268 e. The van der Waals surface area contributed by atoms with Crippen molar-refractivity contribution in [3.8, 4) is 0 Å². The Balaban J connectivity index is 2.53. The molecule has 2 rings (SSSR count). The number of hydroxylamine groups is 1. The van der Waals surface area contributed by atoms with E-state index in [0.29, 0.717) is 6.08 Å². The molecule has 1 heterocycles. The van der Waals surface area contributed by atoms with Gasteiger partial charge in [0.25, 0.3) is 0 Å². The van der Waals surface area contributed by atoms with Crippen LogP contribution in [0.15, 0.2) is 36.4 Å². The normalized spacial score (nSPS) is 18.9. The van der Waals surface area contributed by atoms with Gasteiger partial charge < -0.3 is 0 Å². The van der Waals surface area contributed by atoms with Crippen LogP contribution in [0.3, 0.4) is 0 Å².